The van der Waals surface area contributed by atoms with Gasteiger partial charge in [-0.25, -0.2) is 9.13 Å². The molecule has 0 aliphatic carbocycles. The molecule has 606 valence electrons. The first kappa shape index (κ1) is 100. The van der Waals surface area contributed by atoms with E-state index in [1.807, 2.05) is 0 Å². The van der Waals surface area contributed by atoms with Crippen molar-refractivity contribution in [3.8, 4) is 0 Å². The first-order valence-electron chi connectivity index (χ1n) is 43.0. The second kappa shape index (κ2) is 74.5. The summed E-state index contributed by atoms with van der Waals surface area (Å²) in [5, 5.41) is 10.7. The molecule has 0 radical (unpaired) electrons. The van der Waals surface area contributed by atoms with Gasteiger partial charge in [-0.1, -0.05) is 388 Å². The summed E-state index contributed by atoms with van der Waals surface area (Å²) in [6.45, 7) is 9.65. The summed E-state index contributed by atoms with van der Waals surface area (Å²) in [5.41, 5.74) is 0. The number of phosphoric acid groups is 2. The van der Waals surface area contributed by atoms with E-state index in [9.17, 15) is 43.2 Å². The van der Waals surface area contributed by atoms with Crippen molar-refractivity contribution in [2.45, 2.75) is 458 Å². The molecule has 0 aliphatic rings. The minimum absolute atomic E-state index is 0.106. The van der Waals surface area contributed by atoms with E-state index < -0.39 is 97.5 Å². The largest absolute Gasteiger partial charge is 0.472 e. The predicted octanol–water partition coefficient (Wildman–Crippen LogP) is 25.1. The lowest BCUT2D eigenvalue weighted by Crippen LogP contribution is -2.30. The molecular weight excluding hydrogens is 1330 g/mol. The molecule has 0 amide bonds. The maximum absolute atomic E-state index is 13.1. The number of esters is 4. The lowest BCUT2D eigenvalue weighted by molar-refractivity contribution is -0.161. The first-order chi connectivity index (χ1) is 49.4. The molecule has 19 heteroatoms. The number of phosphoric ester groups is 2. The van der Waals surface area contributed by atoms with E-state index >= 15 is 0 Å². The number of aliphatic hydroxyl groups is 1. The Bertz CT molecular complexity index is 1960. The van der Waals surface area contributed by atoms with Gasteiger partial charge < -0.3 is 33.8 Å². The molecule has 0 saturated carbocycles. The monoisotopic (exact) mass is 1490 g/mol. The van der Waals surface area contributed by atoms with Crippen LogP contribution in [-0.2, 0) is 65.4 Å². The van der Waals surface area contributed by atoms with Gasteiger partial charge in [-0.15, -0.1) is 0 Å². The van der Waals surface area contributed by atoms with Crippen molar-refractivity contribution >= 4 is 39.5 Å². The number of ether oxygens (including phenoxy) is 4. The van der Waals surface area contributed by atoms with Crippen LogP contribution in [0, 0.1) is 11.8 Å². The number of aliphatic hydroxyl groups excluding tert-OH is 1. The number of hydrogen-bond acceptors (Lipinski definition) is 15. The van der Waals surface area contributed by atoms with Gasteiger partial charge in [-0.05, 0) is 37.5 Å². The second-order valence-corrected chi connectivity index (χ2v) is 33.5. The Balaban J connectivity index is 5.24. The summed E-state index contributed by atoms with van der Waals surface area (Å²) in [5.74, 6) is -0.559. The molecule has 0 aromatic carbocycles. The lowest BCUT2D eigenvalue weighted by Gasteiger charge is -2.21. The minimum atomic E-state index is -4.96. The normalized spacial score (nSPS) is 14.1. The number of hydrogen-bond donors (Lipinski definition) is 3. The average molecular weight is 1490 g/mol. The van der Waals surface area contributed by atoms with Crippen LogP contribution in [0.4, 0.5) is 0 Å². The summed E-state index contributed by atoms with van der Waals surface area (Å²) in [7, 11) is -9.92. The van der Waals surface area contributed by atoms with Crippen molar-refractivity contribution in [3.05, 3.63) is 0 Å². The highest BCUT2D eigenvalue weighted by Crippen LogP contribution is 2.45. The van der Waals surface area contributed by atoms with E-state index in [2.05, 4.69) is 41.5 Å². The van der Waals surface area contributed by atoms with Crippen molar-refractivity contribution in [2.75, 3.05) is 39.6 Å². The van der Waals surface area contributed by atoms with Crippen LogP contribution in [0.2, 0.25) is 0 Å². The molecule has 0 fully saturated rings. The summed E-state index contributed by atoms with van der Waals surface area (Å²) in [6, 6.07) is 0. The maximum Gasteiger partial charge on any atom is 0.472 e. The van der Waals surface area contributed by atoms with E-state index in [1.165, 1.54) is 257 Å². The van der Waals surface area contributed by atoms with Crippen LogP contribution >= 0.6 is 15.6 Å². The van der Waals surface area contributed by atoms with Gasteiger partial charge in [0.15, 0.2) is 12.2 Å². The molecule has 0 aromatic heterocycles. The maximum atomic E-state index is 13.1. The van der Waals surface area contributed by atoms with Crippen LogP contribution in [-0.4, -0.2) is 96.7 Å². The SMILES string of the molecule is CCCCCCCCCCCCCCCCCCCCCCCC(=O)O[C@H](COC(=O)CCCCCCCCCCCCCCCCC)COP(=O)(O)OC[C@@H](O)COP(=O)(O)OC[C@@H](COC(=O)CCCCCCCCCCCC(C)C)OC(=O)CCCCCCCCCCCCC(C)CC. The first-order valence-corrected chi connectivity index (χ1v) is 46.0. The van der Waals surface area contributed by atoms with Crippen LogP contribution in [0.1, 0.15) is 440 Å². The zero-order chi connectivity index (χ0) is 74.9. The molecule has 0 rings (SSSR count). The van der Waals surface area contributed by atoms with Gasteiger partial charge in [0.1, 0.15) is 19.3 Å². The Hall–Kier alpha value is -1.94. The molecule has 102 heavy (non-hydrogen) atoms. The van der Waals surface area contributed by atoms with E-state index in [1.54, 1.807) is 0 Å². The van der Waals surface area contributed by atoms with Crippen molar-refractivity contribution < 1.29 is 80.2 Å². The standard InChI is InChI=1S/C83H162O17P2/c1-7-10-12-14-16-18-20-22-24-25-26-27-28-29-31-33-35-42-49-55-61-67-82(87)99-78(71-93-80(85)65-59-53-47-41-34-32-30-23-21-19-17-15-13-11-8-2)73-97-101(89,90)95-69-77(84)70-96-102(91,92)98-74-79(72-94-81(86)66-60-54-48-44-38-39-45-51-57-63-75(4)5)100-83(88)68-62-56-50-43-37-36-40-46-52-58-64-76(6)9-3/h75-79,84H,7-74H2,1-6H3,(H,89,90)(H,91,92)/t76?,77-,78-,79-/m1/s1. The van der Waals surface area contributed by atoms with Crippen LogP contribution in [0.15, 0.2) is 0 Å². The quantitative estimate of drug-likeness (QED) is 0.0222. The van der Waals surface area contributed by atoms with Gasteiger partial charge in [-0.3, -0.25) is 37.3 Å². The van der Waals surface area contributed by atoms with Crippen molar-refractivity contribution in [1.82, 2.24) is 0 Å². The third-order valence-corrected chi connectivity index (χ3v) is 21.7. The Kier molecular flexibility index (Phi) is 73.1. The number of unbranched alkanes of at least 4 members (excludes halogenated alkanes) is 51. The number of carbonyl (C=O) groups is 4. The molecule has 17 nitrogen and oxygen atoms in total. The fraction of sp³-hybridized carbons (Fsp3) is 0.952. The molecule has 3 unspecified atom stereocenters. The smallest absolute Gasteiger partial charge is 0.462 e. The third-order valence-electron chi connectivity index (χ3n) is 19.8. The fourth-order valence-corrected chi connectivity index (χ4v) is 14.4. The topological polar surface area (TPSA) is 237 Å². The van der Waals surface area contributed by atoms with Crippen molar-refractivity contribution in [3.63, 3.8) is 0 Å². The molecule has 0 aliphatic heterocycles. The molecule has 3 N–H and O–H groups in total. The number of carbonyl (C=O) groups excluding carboxylic acids is 4. The van der Waals surface area contributed by atoms with E-state index in [0.717, 1.165) is 102 Å². The van der Waals surface area contributed by atoms with Gasteiger partial charge in [0.05, 0.1) is 26.4 Å². The second-order valence-electron chi connectivity index (χ2n) is 30.6. The summed E-state index contributed by atoms with van der Waals surface area (Å²) in [6.07, 6.45) is 65.2. The Labute approximate surface area is 626 Å². The van der Waals surface area contributed by atoms with Gasteiger partial charge in [0.2, 0.25) is 0 Å². The average Bonchev–Trinajstić information content (AvgIpc) is 1.12. The predicted molar refractivity (Wildman–Crippen MR) is 418 cm³/mol. The number of rotatable bonds is 82. The van der Waals surface area contributed by atoms with Gasteiger partial charge >= 0.3 is 39.5 Å². The van der Waals surface area contributed by atoms with Gasteiger partial charge in [0, 0.05) is 25.7 Å². The fourth-order valence-electron chi connectivity index (χ4n) is 12.9. The summed E-state index contributed by atoms with van der Waals surface area (Å²) >= 11 is 0. The highest BCUT2D eigenvalue weighted by Gasteiger charge is 2.30. The highest BCUT2D eigenvalue weighted by atomic mass is 31.2. The van der Waals surface area contributed by atoms with Gasteiger partial charge in [0.25, 0.3) is 0 Å². The molecule has 0 spiro atoms. The summed E-state index contributed by atoms with van der Waals surface area (Å²) < 4.78 is 68.8. The Morgan fingerprint density at radius 3 is 0.745 bits per heavy atom. The van der Waals surface area contributed by atoms with Crippen molar-refractivity contribution in [1.29, 1.82) is 0 Å². The molecule has 0 saturated heterocycles. The van der Waals surface area contributed by atoms with E-state index in [-0.39, 0.29) is 25.7 Å². The van der Waals surface area contributed by atoms with Crippen LogP contribution < -0.4 is 0 Å². The zero-order valence-corrected chi connectivity index (χ0v) is 68.7. The Morgan fingerprint density at radius 2 is 0.500 bits per heavy atom. The minimum Gasteiger partial charge on any atom is -0.462 e. The van der Waals surface area contributed by atoms with Crippen molar-refractivity contribution in [2.24, 2.45) is 11.8 Å². The van der Waals surface area contributed by atoms with Gasteiger partial charge in [-0.2, -0.15) is 0 Å². The molecule has 0 bridgehead atoms. The van der Waals surface area contributed by atoms with Crippen LogP contribution in [0.25, 0.3) is 0 Å². The van der Waals surface area contributed by atoms with E-state index in [4.69, 9.17) is 37.0 Å². The molecular formula is C83H162O17P2. The Morgan fingerprint density at radius 1 is 0.284 bits per heavy atom. The molecule has 0 heterocycles. The third kappa shape index (κ3) is 74.9. The highest BCUT2D eigenvalue weighted by molar-refractivity contribution is 7.47. The summed E-state index contributed by atoms with van der Waals surface area (Å²) in [4.78, 5) is 73.1. The van der Waals surface area contributed by atoms with Crippen LogP contribution in [0.5, 0.6) is 0 Å². The van der Waals surface area contributed by atoms with Crippen LogP contribution in [0.3, 0.4) is 0 Å². The molecule has 6 atom stereocenters. The molecule has 0 aromatic rings. The van der Waals surface area contributed by atoms with E-state index in [0.29, 0.717) is 25.7 Å². The zero-order valence-electron chi connectivity index (χ0n) is 66.9. The lowest BCUT2D eigenvalue weighted by atomic mass is 9.99.